The van der Waals surface area contributed by atoms with Crippen molar-refractivity contribution < 1.29 is 19.4 Å². The van der Waals surface area contributed by atoms with Crippen molar-refractivity contribution in [3.8, 4) is 0 Å². The number of hydrogen-bond acceptors (Lipinski definition) is 3. The number of cyclic esters (lactones) is 1. The Bertz CT molecular complexity index is 475. The summed E-state index contributed by atoms with van der Waals surface area (Å²) < 4.78 is 4.88. The Morgan fingerprint density at radius 3 is 2.88 bits per heavy atom. The average Bonchev–Trinajstić information content (AvgIpc) is 2.30. The zero-order valence-electron chi connectivity index (χ0n) is 8.85. The summed E-state index contributed by atoms with van der Waals surface area (Å²) in [5.41, 5.74) is 0.457. The highest BCUT2D eigenvalue weighted by molar-refractivity contribution is 6.33. The van der Waals surface area contributed by atoms with Gasteiger partial charge in [0, 0.05) is 6.54 Å². The van der Waals surface area contributed by atoms with Gasteiger partial charge in [-0.3, -0.25) is 4.90 Å². The van der Waals surface area contributed by atoms with Crippen LogP contribution in [-0.4, -0.2) is 30.3 Å². The van der Waals surface area contributed by atoms with Crippen LogP contribution in [0.5, 0.6) is 0 Å². The molecule has 1 aromatic carbocycles. The van der Waals surface area contributed by atoms with Crippen LogP contribution in [0.2, 0.25) is 5.02 Å². The number of nitrogens with zero attached hydrogens (tertiary/aromatic N) is 1. The Morgan fingerprint density at radius 2 is 2.24 bits per heavy atom. The Labute approximate surface area is 103 Å². The third-order valence-electron chi connectivity index (χ3n) is 2.46. The van der Waals surface area contributed by atoms with Crippen molar-refractivity contribution in [2.45, 2.75) is 6.42 Å². The van der Waals surface area contributed by atoms with Crippen LogP contribution in [0, 0.1) is 0 Å². The van der Waals surface area contributed by atoms with Crippen molar-refractivity contribution in [3.63, 3.8) is 0 Å². The topological polar surface area (TPSA) is 66.8 Å². The van der Waals surface area contributed by atoms with E-state index in [1.165, 1.54) is 23.1 Å². The van der Waals surface area contributed by atoms with Crippen molar-refractivity contribution in [1.82, 2.24) is 0 Å². The Kier molecular flexibility index (Phi) is 3.19. The lowest BCUT2D eigenvalue weighted by Gasteiger charge is -2.27. The van der Waals surface area contributed by atoms with Gasteiger partial charge in [0.1, 0.15) is 0 Å². The van der Waals surface area contributed by atoms with Gasteiger partial charge in [0.25, 0.3) is 0 Å². The standard InChI is InChI=1S/C11H10ClNO4/c12-8-3-2-7(10(14)15)6-9(8)13-4-1-5-17-11(13)16/h2-3,6H,1,4-5H2,(H,14,15). The second kappa shape index (κ2) is 4.63. The molecule has 0 spiro atoms. The molecule has 1 aliphatic rings. The van der Waals surface area contributed by atoms with Crippen LogP contribution in [0.1, 0.15) is 16.8 Å². The fraction of sp³-hybridized carbons (Fsp3) is 0.273. The zero-order chi connectivity index (χ0) is 12.4. The molecular weight excluding hydrogens is 246 g/mol. The minimum absolute atomic E-state index is 0.0859. The molecule has 17 heavy (non-hydrogen) atoms. The normalized spacial score (nSPS) is 15.6. The second-order valence-electron chi connectivity index (χ2n) is 3.59. The van der Waals surface area contributed by atoms with Gasteiger partial charge in [-0.15, -0.1) is 0 Å². The fourth-order valence-electron chi connectivity index (χ4n) is 1.62. The molecule has 1 fully saturated rings. The van der Waals surface area contributed by atoms with Crippen LogP contribution in [0.15, 0.2) is 18.2 Å². The van der Waals surface area contributed by atoms with Crippen molar-refractivity contribution in [2.24, 2.45) is 0 Å². The molecule has 0 aromatic heterocycles. The number of anilines is 1. The van der Waals surface area contributed by atoms with E-state index in [2.05, 4.69) is 0 Å². The number of carbonyl (C=O) groups excluding carboxylic acids is 1. The molecule has 0 saturated carbocycles. The molecule has 6 heteroatoms. The first-order valence-electron chi connectivity index (χ1n) is 5.07. The number of aromatic carboxylic acids is 1. The molecule has 0 bridgehead atoms. The summed E-state index contributed by atoms with van der Waals surface area (Å²) in [5, 5.41) is 9.21. The van der Waals surface area contributed by atoms with Gasteiger partial charge < -0.3 is 9.84 Å². The van der Waals surface area contributed by atoms with Crippen LogP contribution < -0.4 is 4.90 Å². The maximum Gasteiger partial charge on any atom is 0.414 e. The number of amides is 1. The van der Waals surface area contributed by atoms with E-state index in [1.54, 1.807) is 0 Å². The van der Waals surface area contributed by atoms with Crippen LogP contribution in [0.25, 0.3) is 0 Å². The second-order valence-corrected chi connectivity index (χ2v) is 4.00. The predicted molar refractivity (Wildman–Crippen MR) is 61.7 cm³/mol. The number of carboxylic acids is 1. The van der Waals surface area contributed by atoms with Crippen molar-refractivity contribution in [3.05, 3.63) is 28.8 Å². The number of benzene rings is 1. The summed E-state index contributed by atoms with van der Waals surface area (Å²) in [6, 6.07) is 4.23. The van der Waals surface area contributed by atoms with Crippen LogP contribution in [-0.2, 0) is 4.74 Å². The molecule has 1 aromatic rings. The molecule has 1 saturated heterocycles. The Balaban J connectivity index is 2.39. The molecule has 0 aliphatic carbocycles. The van der Waals surface area contributed by atoms with Crippen molar-refractivity contribution in [1.29, 1.82) is 0 Å². The maximum atomic E-state index is 11.5. The van der Waals surface area contributed by atoms with Crippen LogP contribution >= 0.6 is 11.6 Å². The van der Waals surface area contributed by atoms with E-state index in [9.17, 15) is 9.59 Å². The molecule has 1 heterocycles. The fourth-order valence-corrected chi connectivity index (χ4v) is 1.84. The molecule has 1 N–H and O–H groups in total. The van der Waals surface area contributed by atoms with E-state index >= 15 is 0 Å². The molecular formula is C11H10ClNO4. The molecule has 0 unspecified atom stereocenters. The molecule has 1 amide bonds. The summed E-state index contributed by atoms with van der Waals surface area (Å²) >= 11 is 5.96. The quantitative estimate of drug-likeness (QED) is 0.881. The van der Waals surface area contributed by atoms with Gasteiger partial charge in [0.2, 0.25) is 0 Å². The summed E-state index contributed by atoms with van der Waals surface area (Å²) in [6.07, 6.45) is 0.194. The highest BCUT2D eigenvalue weighted by Gasteiger charge is 2.24. The summed E-state index contributed by atoms with van der Waals surface area (Å²) in [7, 11) is 0. The maximum absolute atomic E-state index is 11.5. The number of ether oxygens (including phenoxy) is 1. The molecule has 0 atom stereocenters. The van der Waals surface area contributed by atoms with Gasteiger partial charge in [-0.2, -0.15) is 0 Å². The lowest BCUT2D eigenvalue weighted by Crippen LogP contribution is -2.37. The van der Waals surface area contributed by atoms with E-state index < -0.39 is 12.1 Å². The minimum atomic E-state index is -1.06. The number of carboxylic acid groups (broad SMARTS) is 1. The summed E-state index contributed by atoms with van der Waals surface area (Å²) in [4.78, 5) is 23.7. The third kappa shape index (κ3) is 2.34. The first-order valence-corrected chi connectivity index (χ1v) is 5.44. The van der Waals surface area contributed by atoms with Gasteiger partial charge in [-0.1, -0.05) is 11.6 Å². The molecule has 5 nitrogen and oxygen atoms in total. The third-order valence-corrected chi connectivity index (χ3v) is 2.78. The van der Waals surface area contributed by atoms with E-state index in [0.717, 1.165) is 0 Å². The van der Waals surface area contributed by atoms with Crippen LogP contribution in [0.4, 0.5) is 10.5 Å². The molecule has 1 aliphatic heterocycles. The van der Waals surface area contributed by atoms with Gasteiger partial charge in [-0.05, 0) is 24.6 Å². The first kappa shape index (κ1) is 11.7. The number of hydrogen-bond donors (Lipinski definition) is 1. The lowest BCUT2D eigenvalue weighted by molar-refractivity contribution is 0.0696. The van der Waals surface area contributed by atoms with Crippen molar-refractivity contribution in [2.75, 3.05) is 18.1 Å². The zero-order valence-corrected chi connectivity index (χ0v) is 9.61. The highest BCUT2D eigenvalue weighted by atomic mass is 35.5. The molecule has 90 valence electrons. The summed E-state index contributed by atoms with van der Waals surface area (Å²) in [5.74, 6) is -1.06. The smallest absolute Gasteiger partial charge is 0.414 e. The lowest BCUT2D eigenvalue weighted by atomic mass is 10.2. The number of rotatable bonds is 2. The largest absolute Gasteiger partial charge is 0.478 e. The number of halogens is 1. The minimum Gasteiger partial charge on any atom is -0.478 e. The molecule has 0 radical (unpaired) electrons. The van der Waals surface area contributed by atoms with Gasteiger partial charge >= 0.3 is 12.1 Å². The average molecular weight is 256 g/mol. The Morgan fingerprint density at radius 1 is 1.47 bits per heavy atom. The Hall–Kier alpha value is -1.75. The highest BCUT2D eigenvalue weighted by Crippen LogP contribution is 2.29. The monoisotopic (exact) mass is 255 g/mol. The van der Waals surface area contributed by atoms with Crippen molar-refractivity contribution >= 4 is 29.4 Å². The molecule has 2 rings (SSSR count). The number of carbonyl (C=O) groups is 2. The van der Waals surface area contributed by atoms with E-state index in [0.29, 0.717) is 30.3 Å². The predicted octanol–water partition coefficient (Wildman–Crippen LogP) is 2.38. The SMILES string of the molecule is O=C(O)c1ccc(Cl)c(N2CCCOC2=O)c1. The first-order chi connectivity index (χ1) is 8.09. The van der Waals surface area contributed by atoms with E-state index in [4.69, 9.17) is 21.4 Å². The van der Waals surface area contributed by atoms with E-state index in [-0.39, 0.29) is 5.56 Å². The summed E-state index contributed by atoms with van der Waals surface area (Å²) in [6.45, 7) is 0.854. The van der Waals surface area contributed by atoms with E-state index in [1.807, 2.05) is 0 Å². The van der Waals surface area contributed by atoms with Crippen LogP contribution in [0.3, 0.4) is 0 Å². The van der Waals surface area contributed by atoms with Gasteiger partial charge in [-0.25, -0.2) is 9.59 Å². The van der Waals surface area contributed by atoms with Gasteiger partial charge in [0.15, 0.2) is 0 Å². The van der Waals surface area contributed by atoms with Gasteiger partial charge in [0.05, 0.1) is 22.9 Å².